The van der Waals surface area contributed by atoms with Crippen LogP contribution >= 0.6 is 11.8 Å². The van der Waals surface area contributed by atoms with Crippen LogP contribution in [0.5, 0.6) is 0 Å². The van der Waals surface area contributed by atoms with Gasteiger partial charge in [0, 0.05) is 6.54 Å². The standard InChI is InChI=1S/C18H15FN2O3S2/c1-2-21-17(22)16(12-13-6-4-3-5-7-13)25-18(21)20-26(23,24)15-10-8-14(19)9-11-15/h3-12H,2H2,1H3/b16-12-,20-18+. The highest BCUT2D eigenvalue weighted by Crippen LogP contribution is 2.33. The minimum Gasteiger partial charge on any atom is -0.286 e. The van der Waals surface area contributed by atoms with Gasteiger partial charge in [0.15, 0.2) is 5.17 Å². The molecular formula is C18H15FN2O3S2. The van der Waals surface area contributed by atoms with Crippen LogP contribution in [0.15, 0.2) is 68.8 Å². The van der Waals surface area contributed by atoms with E-state index < -0.39 is 15.8 Å². The number of sulfonamides is 1. The molecule has 0 spiro atoms. The van der Waals surface area contributed by atoms with E-state index >= 15 is 0 Å². The summed E-state index contributed by atoms with van der Waals surface area (Å²) in [6.45, 7) is 2.03. The van der Waals surface area contributed by atoms with Crippen LogP contribution in [0.4, 0.5) is 4.39 Å². The van der Waals surface area contributed by atoms with Crippen LogP contribution in [0.3, 0.4) is 0 Å². The molecule has 0 aromatic heterocycles. The number of carbonyl (C=O) groups excluding carboxylic acids is 1. The van der Waals surface area contributed by atoms with Crippen LogP contribution in [0.2, 0.25) is 0 Å². The van der Waals surface area contributed by atoms with Crippen LogP contribution in [0, 0.1) is 5.82 Å². The largest absolute Gasteiger partial charge is 0.286 e. The lowest BCUT2D eigenvalue weighted by Gasteiger charge is -2.11. The lowest BCUT2D eigenvalue weighted by Crippen LogP contribution is -2.29. The van der Waals surface area contributed by atoms with E-state index in [-0.39, 0.29) is 22.5 Å². The second-order valence-electron chi connectivity index (χ2n) is 5.37. The second-order valence-corrected chi connectivity index (χ2v) is 7.99. The molecule has 0 aliphatic carbocycles. The van der Waals surface area contributed by atoms with Crippen molar-refractivity contribution in [3.63, 3.8) is 0 Å². The number of rotatable bonds is 4. The maximum absolute atomic E-state index is 13.0. The third-order valence-corrected chi connectivity index (χ3v) is 6.01. The zero-order chi connectivity index (χ0) is 18.7. The topological polar surface area (TPSA) is 66.8 Å². The summed E-state index contributed by atoms with van der Waals surface area (Å²) in [7, 11) is -4.04. The fourth-order valence-corrected chi connectivity index (χ4v) is 4.56. The Hall–Kier alpha value is -2.45. The number of likely N-dealkylation sites (N-methyl/N-ethyl adjacent to an activating group) is 1. The minimum atomic E-state index is -4.04. The average molecular weight is 390 g/mol. The molecule has 3 rings (SSSR count). The molecule has 1 fully saturated rings. The average Bonchev–Trinajstić information content (AvgIpc) is 2.90. The molecule has 2 aromatic carbocycles. The van der Waals surface area contributed by atoms with Gasteiger partial charge in [-0.05, 0) is 54.6 Å². The predicted octanol–water partition coefficient (Wildman–Crippen LogP) is 3.51. The molecule has 0 atom stereocenters. The quantitative estimate of drug-likeness (QED) is 0.750. The third kappa shape index (κ3) is 3.86. The van der Waals surface area contributed by atoms with E-state index in [1.165, 1.54) is 4.90 Å². The van der Waals surface area contributed by atoms with Gasteiger partial charge in [-0.3, -0.25) is 9.69 Å². The monoisotopic (exact) mass is 390 g/mol. The molecule has 1 saturated heterocycles. The third-order valence-electron chi connectivity index (χ3n) is 3.61. The molecule has 8 heteroatoms. The van der Waals surface area contributed by atoms with Gasteiger partial charge in [-0.2, -0.15) is 8.42 Å². The van der Waals surface area contributed by atoms with Crippen molar-refractivity contribution in [1.82, 2.24) is 4.90 Å². The number of carbonyl (C=O) groups is 1. The summed E-state index contributed by atoms with van der Waals surface area (Å²) in [5.74, 6) is -0.834. The maximum atomic E-state index is 13.0. The first-order valence-corrected chi connectivity index (χ1v) is 10.0. The molecule has 0 unspecified atom stereocenters. The smallest absolute Gasteiger partial charge is 0.284 e. The fraction of sp³-hybridized carbons (Fsp3) is 0.111. The zero-order valence-electron chi connectivity index (χ0n) is 13.8. The van der Waals surface area contributed by atoms with Crippen molar-refractivity contribution in [1.29, 1.82) is 0 Å². The van der Waals surface area contributed by atoms with Crippen LogP contribution in [-0.2, 0) is 14.8 Å². The fourth-order valence-electron chi connectivity index (χ4n) is 2.32. The Morgan fingerprint density at radius 2 is 1.77 bits per heavy atom. The molecule has 1 aliphatic heterocycles. The Morgan fingerprint density at radius 3 is 2.38 bits per heavy atom. The molecule has 1 aliphatic rings. The summed E-state index contributed by atoms with van der Waals surface area (Å²) < 4.78 is 41.7. The van der Waals surface area contributed by atoms with Gasteiger partial charge in [-0.1, -0.05) is 30.3 Å². The van der Waals surface area contributed by atoms with E-state index in [0.717, 1.165) is 41.6 Å². The molecule has 0 bridgehead atoms. The summed E-state index contributed by atoms with van der Waals surface area (Å²) in [6, 6.07) is 13.7. The number of thioether (sulfide) groups is 1. The van der Waals surface area contributed by atoms with E-state index in [2.05, 4.69) is 4.40 Å². The second kappa shape index (κ2) is 7.43. The van der Waals surface area contributed by atoms with Gasteiger partial charge < -0.3 is 0 Å². The number of hydrogen-bond donors (Lipinski definition) is 0. The van der Waals surface area contributed by atoms with Crippen LogP contribution in [-0.4, -0.2) is 30.9 Å². The Kier molecular flexibility index (Phi) is 5.24. The van der Waals surface area contributed by atoms with Crippen molar-refractivity contribution >= 4 is 38.9 Å². The first-order valence-electron chi connectivity index (χ1n) is 7.77. The lowest BCUT2D eigenvalue weighted by atomic mass is 10.2. The molecular weight excluding hydrogens is 375 g/mol. The van der Waals surface area contributed by atoms with Gasteiger partial charge in [-0.15, -0.1) is 4.40 Å². The Morgan fingerprint density at radius 1 is 1.12 bits per heavy atom. The highest BCUT2D eigenvalue weighted by molar-refractivity contribution is 8.19. The summed E-state index contributed by atoms with van der Waals surface area (Å²) >= 11 is 1.01. The number of benzene rings is 2. The highest BCUT2D eigenvalue weighted by Gasteiger charge is 2.34. The Bertz CT molecular complexity index is 985. The molecule has 1 amide bonds. The zero-order valence-corrected chi connectivity index (χ0v) is 15.4. The van der Waals surface area contributed by atoms with Crippen molar-refractivity contribution in [2.75, 3.05) is 6.54 Å². The molecule has 0 N–H and O–H groups in total. The molecule has 26 heavy (non-hydrogen) atoms. The van der Waals surface area contributed by atoms with Gasteiger partial charge in [0.1, 0.15) is 5.82 Å². The van der Waals surface area contributed by atoms with Gasteiger partial charge >= 0.3 is 0 Å². The highest BCUT2D eigenvalue weighted by atomic mass is 32.2. The number of amidine groups is 1. The summed E-state index contributed by atoms with van der Waals surface area (Å²) in [4.78, 5) is 14.1. The van der Waals surface area contributed by atoms with E-state index in [9.17, 15) is 17.6 Å². The molecule has 0 saturated carbocycles. The number of halogens is 1. The van der Waals surface area contributed by atoms with E-state index in [1.54, 1.807) is 13.0 Å². The van der Waals surface area contributed by atoms with Crippen molar-refractivity contribution in [3.8, 4) is 0 Å². The summed E-state index contributed by atoms with van der Waals surface area (Å²) in [5, 5.41) is 0.0870. The summed E-state index contributed by atoms with van der Waals surface area (Å²) in [5.41, 5.74) is 0.835. The van der Waals surface area contributed by atoms with Crippen LogP contribution in [0.25, 0.3) is 6.08 Å². The predicted molar refractivity (Wildman–Crippen MR) is 100 cm³/mol. The van der Waals surface area contributed by atoms with Crippen molar-refractivity contribution in [3.05, 3.63) is 70.9 Å². The first-order chi connectivity index (χ1) is 12.4. The lowest BCUT2D eigenvalue weighted by molar-refractivity contribution is -0.122. The Balaban J connectivity index is 1.96. The normalized spacial score (nSPS) is 18.1. The van der Waals surface area contributed by atoms with E-state index in [4.69, 9.17) is 0 Å². The molecule has 5 nitrogen and oxygen atoms in total. The van der Waals surface area contributed by atoms with Gasteiger partial charge in [0.2, 0.25) is 0 Å². The van der Waals surface area contributed by atoms with Gasteiger partial charge in [-0.25, -0.2) is 4.39 Å². The molecule has 2 aromatic rings. The van der Waals surface area contributed by atoms with Gasteiger partial charge in [0.05, 0.1) is 9.80 Å². The van der Waals surface area contributed by atoms with E-state index in [1.807, 2.05) is 30.3 Å². The Labute approximate surface area is 155 Å². The van der Waals surface area contributed by atoms with Crippen LogP contribution < -0.4 is 0 Å². The number of hydrogen-bond acceptors (Lipinski definition) is 4. The molecule has 134 valence electrons. The summed E-state index contributed by atoms with van der Waals surface area (Å²) in [6.07, 6.45) is 1.70. The molecule has 0 radical (unpaired) electrons. The number of amides is 1. The molecule has 1 heterocycles. The maximum Gasteiger partial charge on any atom is 0.284 e. The SMILES string of the molecule is CCN1C(=O)/C(=C/c2ccccc2)S/C1=N/S(=O)(=O)c1ccc(F)cc1. The number of nitrogens with zero attached hydrogens (tertiary/aromatic N) is 2. The van der Waals surface area contributed by atoms with Crippen molar-refractivity contribution in [2.45, 2.75) is 11.8 Å². The van der Waals surface area contributed by atoms with Crippen LogP contribution in [0.1, 0.15) is 12.5 Å². The van der Waals surface area contributed by atoms with Crippen molar-refractivity contribution < 1.29 is 17.6 Å². The minimum absolute atomic E-state index is 0.0870. The van der Waals surface area contributed by atoms with Gasteiger partial charge in [0.25, 0.3) is 15.9 Å². The van der Waals surface area contributed by atoms with E-state index in [0.29, 0.717) is 4.91 Å². The van der Waals surface area contributed by atoms with Crippen molar-refractivity contribution in [2.24, 2.45) is 4.40 Å². The first kappa shape index (κ1) is 18.3.